The first kappa shape index (κ1) is 12.1. The molecule has 0 atom stereocenters. The number of halogens is 1. The number of nitrogens with zero attached hydrogens (tertiary/aromatic N) is 1. The zero-order chi connectivity index (χ0) is 9.97. The van der Waals surface area contributed by atoms with Gasteiger partial charge in [0.2, 0.25) is 0 Å². The molecule has 15 heavy (non-hydrogen) atoms. The third-order valence-corrected chi connectivity index (χ3v) is 2.76. The van der Waals surface area contributed by atoms with Gasteiger partial charge in [-0.15, -0.1) is 12.4 Å². The molecule has 0 aromatic heterocycles. The molecule has 1 saturated heterocycles. The molecule has 4 heteroatoms. The molecule has 0 unspecified atom stereocenters. The minimum atomic E-state index is 0. The summed E-state index contributed by atoms with van der Waals surface area (Å²) in [4.78, 5) is 2.43. The standard InChI is InChI=1S/C11H17N3.ClH/c12-10-4-3-9(11(13)7-10)8-14-5-1-2-6-14;/h3-4,7H,1-2,5-6,8,12-13H2;1H. The highest BCUT2D eigenvalue weighted by atomic mass is 35.5. The van der Waals surface area contributed by atoms with E-state index >= 15 is 0 Å². The number of benzene rings is 1. The third kappa shape index (κ3) is 3.01. The third-order valence-electron chi connectivity index (χ3n) is 2.76. The Bertz CT molecular complexity index is 322. The van der Waals surface area contributed by atoms with Gasteiger partial charge in [0, 0.05) is 17.9 Å². The molecule has 0 aliphatic carbocycles. The average molecular weight is 228 g/mol. The molecule has 4 N–H and O–H groups in total. The first-order valence-corrected chi connectivity index (χ1v) is 5.12. The summed E-state index contributed by atoms with van der Waals surface area (Å²) in [5, 5.41) is 0. The molecule has 2 rings (SSSR count). The van der Waals surface area contributed by atoms with Crippen LogP contribution in [-0.2, 0) is 6.54 Å². The lowest BCUT2D eigenvalue weighted by Gasteiger charge is -2.16. The fraction of sp³-hybridized carbons (Fsp3) is 0.455. The fourth-order valence-corrected chi connectivity index (χ4v) is 1.94. The Morgan fingerprint density at radius 3 is 2.40 bits per heavy atom. The van der Waals surface area contributed by atoms with Gasteiger partial charge in [0.1, 0.15) is 0 Å². The molecule has 84 valence electrons. The number of anilines is 2. The molecule has 0 saturated carbocycles. The normalized spacial score (nSPS) is 16.3. The summed E-state index contributed by atoms with van der Waals surface area (Å²) >= 11 is 0. The van der Waals surface area contributed by atoms with E-state index in [1.54, 1.807) is 0 Å². The highest BCUT2D eigenvalue weighted by Crippen LogP contribution is 2.19. The Morgan fingerprint density at radius 2 is 1.80 bits per heavy atom. The van der Waals surface area contributed by atoms with E-state index in [0.717, 1.165) is 17.9 Å². The first-order valence-electron chi connectivity index (χ1n) is 5.12. The van der Waals surface area contributed by atoms with E-state index in [1.165, 1.54) is 31.5 Å². The zero-order valence-electron chi connectivity index (χ0n) is 8.78. The zero-order valence-corrected chi connectivity index (χ0v) is 9.59. The van der Waals surface area contributed by atoms with Crippen LogP contribution in [0.5, 0.6) is 0 Å². The predicted octanol–water partition coefficient (Wildman–Crippen LogP) is 1.87. The summed E-state index contributed by atoms with van der Waals surface area (Å²) in [6, 6.07) is 5.79. The second-order valence-electron chi connectivity index (χ2n) is 3.94. The summed E-state index contributed by atoms with van der Waals surface area (Å²) in [6.45, 7) is 3.36. The Hall–Kier alpha value is -0.930. The number of rotatable bonds is 2. The summed E-state index contributed by atoms with van der Waals surface area (Å²) in [7, 11) is 0. The first-order chi connectivity index (χ1) is 6.75. The molecule has 0 radical (unpaired) electrons. The van der Waals surface area contributed by atoms with Crippen LogP contribution in [0.1, 0.15) is 18.4 Å². The summed E-state index contributed by atoms with van der Waals surface area (Å²) < 4.78 is 0. The average Bonchev–Trinajstić information content (AvgIpc) is 2.62. The Morgan fingerprint density at radius 1 is 1.13 bits per heavy atom. The molecule has 1 aliphatic heterocycles. The number of hydrogen-bond donors (Lipinski definition) is 2. The molecule has 1 heterocycles. The van der Waals surface area contributed by atoms with Gasteiger partial charge in [-0.1, -0.05) is 6.07 Å². The maximum atomic E-state index is 5.89. The van der Waals surface area contributed by atoms with Crippen LogP contribution in [0.15, 0.2) is 18.2 Å². The molecule has 0 bridgehead atoms. The largest absolute Gasteiger partial charge is 0.399 e. The summed E-state index contributed by atoms with van der Waals surface area (Å²) in [5.41, 5.74) is 14.3. The van der Waals surface area contributed by atoms with Crippen LogP contribution in [0.3, 0.4) is 0 Å². The Balaban J connectivity index is 0.00000112. The highest BCUT2D eigenvalue weighted by molar-refractivity contribution is 5.85. The monoisotopic (exact) mass is 227 g/mol. The molecule has 0 amide bonds. The minimum Gasteiger partial charge on any atom is -0.399 e. The molecule has 1 fully saturated rings. The van der Waals surface area contributed by atoms with E-state index in [1.807, 2.05) is 18.2 Å². The van der Waals surface area contributed by atoms with Crippen LogP contribution < -0.4 is 11.5 Å². The second-order valence-corrected chi connectivity index (χ2v) is 3.94. The van der Waals surface area contributed by atoms with E-state index < -0.39 is 0 Å². The van der Waals surface area contributed by atoms with Crippen molar-refractivity contribution in [2.24, 2.45) is 0 Å². The quantitative estimate of drug-likeness (QED) is 0.759. The van der Waals surface area contributed by atoms with Crippen molar-refractivity contribution in [3.05, 3.63) is 23.8 Å². The van der Waals surface area contributed by atoms with Crippen LogP contribution in [0.4, 0.5) is 11.4 Å². The van der Waals surface area contributed by atoms with Crippen molar-refractivity contribution in [3.8, 4) is 0 Å². The van der Waals surface area contributed by atoms with Gasteiger partial charge in [0.15, 0.2) is 0 Å². The van der Waals surface area contributed by atoms with Gasteiger partial charge in [-0.2, -0.15) is 0 Å². The van der Waals surface area contributed by atoms with Crippen molar-refractivity contribution in [2.45, 2.75) is 19.4 Å². The number of likely N-dealkylation sites (tertiary alicyclic amines) is 1. The van der Waals surface area contributed by atoms with Crippen LogP contribution in [0.2, 0.25) is 0 Å². The van der Waals surface area contributed by atoms with Gasteiger partial charge in [-0.3, -0.25) is 4.90 Å². The molecule has 1 aliphatic rings. The highest BCUT2D eigenvalue weighted by Gasteiger charge is 2.12. The van der Waals surface area contributed by atoms with Gasteiger partial charge >= 0.3 is 0 Å². The lowest BCUT2D eigenvalue weighted by Crippen LogP contribution is -2.19. The molecule has 1 aromatic rings. The summed E-state index contributed by atoms with van der Waals surface area (Å²) in [5.74, 6) is 0. The van der Waals surface area contributed by atoms with E-state index in [2.05, 4.69) is 4.90 Å². The number of nitrogen functional groups attached to an aromatic ring is 2. The lowest BCUT2D eigenvalue weighted by molar-refractivity contribution is 0.332. The van der Waals surface area contributed by atoms with Gasteiger partial charge in [-0.05, 0) is 43.6 Å². The van der Waals surface area contributed by atoms with Crippen molar-refractivity contribution in [1.82, 2.24) is 4.90 Å². The van der Waals surface area contributed by atoms with E-state index in [4.69, 9.17) is 11.5 Å². The molecular formula is C11H18ClN3. The van der Waals surface area contributed by atoms with Crippen LogP contribution >= 0.6 is 12.4 Å². The second kappa shape index (κ2) is 5.24. The maximum absolute atomic E-state index is 5.89. The lowest BCUT2D eigenvalue weighted by atomic mass is 10.1. The number of hydrogen-bond acceptors (Lipinski definition) is 3. The van der Waals surface area contributed by atoms with Crippen molar-refractivity contribution in [1.29, 1.82) is 0 Å². The Kier molecular flexibility index (Phi) is 4.24. The molecule has 3 nitrogen and oxygen atoms in total. The number of nitrogens with two attached hydrogens (primary N) is 2. The van der Waals surface area contributed by atoms with Gasteiger partial charge in [0.25, 0.3) is 0 Å². The Labute approximate surface area is 96.8 Å². The van der Waals surface area contributed by atoms with Crippen molar-refractivity contribution in [2.75, 3.05) is 24.6 Å². The molecular weight excluding hydrogens is 210 g/mol. The van der Waals surface area contributed by atoms with Gasteiger partial charge < -0.3 is 11.5 Å². The summed E-state index contributed by atoms with van der Waals surface area (Å²) in [6.07, 6.45) is 2.63. The fourth-order valence-electron chi connectivity index (χ4n) is 1.94. The maximum Gasteiger partial charge on any atom is 0.0380 e. The van der Waals surface area contributed by atoms with Crippen molar-refractivity contribution in [3.63, 3.8) is 0 Å². The topological polar surface area (TPSA) is 55.3 Å². The molecule has 1 aromatic carbocycles. The van der Waals surface area contributed by atoms with E-state index in [9.17, 15) is 0 Å². The minimum absolute atomic E-state index is 0. The smallest absolute Gasteiger partial charge is 0.0380 e. The predicted molar refractivity (Wildman–Crippen MR) is 67.0 cm³/mol. The van der Waals surface area contributed by atoms with E-state index in [0.29, 0.717) is 0 Å². The SMILES string of the molecule is Cl.Nc1ccc(CN2CCCC2)c(N)c1. The van der Waals surface area contributed by atoms with Crippen LogP contribution in [0.25, 0.3) is 0 Å². The van der Waals surface area contributed by atoms with Crippen molar-refractivity contribution < 1.29 is 0 Å². The van der Waals surface area contributed by atoms with Crippen LogP contribution in [-0.4, -0.2) is 18.0 Å². The van der Waals surface area contributed by atoms with Gasteiger partial charge in [0.05, 0.1) is 0 Å². The van der Waals surface area contributed by atoms with E-state index in [-0.39, 0.29) is 12.4 Å². The van der Waals surface area contributed by atoms with Gasteiger partial charge in [-0.25, -0.2) is 0 Å². The van der Waals surface area contributed by atoms with Crippen LogP contribution in [0, 0.1) is 0 Å². The van der Waals surface area contributed by atoms with Crippen molar-refractivity contribution >= 4 is 23.8 Å². The molecule has 0 spiro atoms.